The van der Waals surface area contributed by atoms with E-state index in [1.807, 2.05) is 0 Å². The molecule has 24 heavy (non-hydrogen) atoms. The van der Waals surface area contributed by atoms with Gasteiger partial charge in [0.25, 0.3) is 0 Å². The van der Waals surface area contributed by atoms with Crippen molar-refractivity contribution in [1.82, 2.24) is 0 Å². The van der Waals surface area contributed by atoms with Crippen LogP contribution in [0.4, 0.5) is 0 Å². The summed E-state index contributed by atoms with van der Waals surface area (Å²) in [5.41, 5.74) is 2.27. The van der Waals surface area contributed by atoms with E-state index >= 15 is 0 Å². The first-order valence-corrected chi connectivity index (χ1v) is 9.98. The molecule has 0 aromatic heterocycles. The van der Waals surface area contributed by atoms with Crippen molar-refractivity contribution >= 4 is 21.9 Å². The molecule has 0 radical (unpaired) electrons. The van der Waals surface area contributed by atoms with E-state index < -0.39 is 12.1 Å². The molecule has 5 atom stereocenters. The van der Waals surface area contributed by atoms with Gasteiger partial charge in [-0.25, -0.2) is 4.79 Å². The van der Waals surface area contributed by atoms with Crippen LogP contribution >= 0.6 is 15.9 Å². The number of methoxy groups -OCH3 is 1. The molecule has 0 amide bonds. The molecule has 1 N–H and O–H groups in total. The van der Waals surface area contributed by atoms with Crippen LogP contribution in [0.15, 0.2) is 22.7 Å². The normalized spacial score (nSPS) is 33.8. The first-order chi connectivity index (χ1) is 11.3. The smallest absolute Gasteiger partial charge is 0.333 e. The van der Waals surface area contributed by atoms with Gasteiger partial charge in [0.2, 0.25) is 0 Å². The summed E-state index contributed by atoms with van der Waals surface area (Å²) in [5.74, 6) is 1.33. The third-order valence-electron chi connectivity index (χ3n) is 6.46. The maximum Gasteiger partial charge on any atom is 0.333 e. The molecular formula is C20H31BrO3. The van der Waals surface area contributed by atoms with Gasteiger partial charge in [-0.2, -0.15) is 0 Å². The average Bonchev–Trinajstić information content (AvgIpc) is 2.90. The number of aliphatic hydroxyl groups excluding tert-OH is 1. The minimum Gasteiger partial charge on any atom is -0.466 e. The Kier molecular flexibility index (Phi) is 6.72. The predicted molar refractivity (Wildman–Crippen MR) is 101 cm³/mol. The lowest BCUT2D eigenvalue weighted by atomic mass is 9.61. The van der Waals surface area contributed by atoms with Crippen LogP contribution < -0.4 is 0 Å². The molecule has 0 heterocycles. The maximum atomic E-state index is 11.5. The van der Waals surface area contributed by atoms with Gasteiger partial charge >= 0.3 is 5.97 Å². The number of rotatable bonds is 6. The molecule has 0 bridgehead atoms. The van der Waals surface area contributed by atoms with Gasteiger partial charge in [0.05, 0.1) is 13.2 Å². The first kappa shape index (κ1) is 19.7. The molecule has 3 nitrogen and oxygen atoms in total. The summed E-state index contributed by atoms with van der Waals surface area (Å²) in [6, 6.07) is 0. The van der Waals surface area contributed by atoms with E-state index in [0.717, 1.165) is 6.42 Å². The third-order valence-corrected chi connectivity index (χ3v) is 7.05. The van der Waals surface area contributed by atoms with Gasteiger partial charge in [0, 0.05) is 12.0 Å². The highest BCUT2D eigenvalue weighted by Gasteiger charge is 2.50. The van der Waals surface area contributed by atoms with Gasteiger partial charge in [-0.1, -0.05) is 41.9 Å². The molecule has 0 aromatic rings. The number of carbonyl (C=O) groups is 1. The highest BCUT2D eigenvalue weighted by molar-refractivity contribution is 9.11. The zero-order valence-corrected chi connectivity index (χ0v) is 16.8. The van der Waals surface area contributed by atoms with Gasteiger partial charge in [0.15, 0.2) is 0 Å². The number of halogens is 1. The largest absolute Gasteiger partial charge is 0.466 e. The monoisotopic (exact) mass is 398 g/mol. The van der Waals surface area contributed by atoms with Crippen molar-refractivity contribution in [2.75, 3.05) is 7.11 Å². The van der Waals surface area contributed by atoms with Crippen molar-refractivity contribution in [2.24, 2.45) is 23.2 Å². The number of ether oxygens (including phenoxy) is 1. The van der Waals surface area contributed by atoms with Crippen molar-refractivity contribution in [2.45, 2.75) is 64.9 Å². The van der Waals surface area contributed by atoms with Crippen LogP contribution in [0, 0.1) is 23.2 Å². The summed E-state index contributed by atoms with van der Waals surface area (Å²) in [5, 5.41) is 10.4. The van der Waals surface area contributed by atoms with Crippen LogP contribution in [0.3, 0.4) is 0 Å². The van der Waals surface area contributed by atoms with Gasteiger partial charge < -0.3 is 9.84 Å². The molecule has 2 fully saturated rings. The second-order valence-corrected chi connectivity index (χ2v) is 8.40. The molecular weight excluding hydrogens is 368 g/mol. The molecule has 0 aromatic carbocycles. The van der Waals surface area contributed by atoms with E-state index in [1.165, 1.54) is 39.2 Å². The molecule has 0 saturated heterocycles. The Bertz CT molecular complexity index is 513. The maximum absolute atomic E-state index is 11.5. The molecule has 136 valence electrons. The Labute approximate surface area is 154 Å². The molecule has 2 aliphatic rings. The van der Waals surface area contributed by atoms with E-state index in [1.54, 1.807) is 5.57 Å². The van der Waals surface area contributed by atoms with E-state index in [9.17, 15) is 9.90 Å². The lowest BCUT2D eigenvalue weighted by Crippen LogP contribution is -2.36. The van der Waals surface area contributed by atoms with E-state index in [-0.39, 0.29) is 0 Å². The zero-order valence-electron chi connectivity index (χ0n) is 15.2. The topological polar surface area (TPSA) is 46.5 Å². The highest BCUT2D eigenvalue weighted by atomic mass is 79.9. The Morgan fingerprint density at radius 2 is 2.25 bits per heavy atom. The molecule has 2 saturated carbocycles. The Hall–Kier alpha value is -0.610. The summed E-state index contributed by atoms with van der Waals surface area (Å²) in [6.07, 6.45) is 6.74. The average molecular weight is 399 g/mol. The molecule has 1 unspecified atom stereocenters. The van der Waals surface area contributed by atoms with Crippen LogP contribution in [-0.4, -0.2) is 24.3 Å². The molecule has 0 aliphatic heterocycles. The van der Waals surface area contributed by atoms with E-state index in [2.05, 4.69) is 46.1 Å². The number of esters is 1. The minimum absolute atomic E-state index is 0.302. The van der Waals surface area contributed by atoms with Crippen LogP contribution in [-0.2, 0) is 9.53 Å². The van der Waals surface area contributed by atoms with Crippen molar-refractivity contribution in [1.29, 1.82) is 0 Å². The Morgan fingerprint density at radius 1 is 1.54 bits per heavy atom. The fraction of sp³-hybridized carbons (Fsp3) is 0.750. The molecule has 4 heteroatoms. The molecule has 0 spiro atoms. The summed E-state index contributed by atoms with van der Waals surface area (Å²) < 4.78 is 4.67. The fourth-order valence-corrected chi connectivity index (χ4v) is 5.88. The summed E-state index contributed by atoms with van der Waals surface area (Å²) in [4.78, 5) is 13.6. The Morgan fingerprint density at radius 3 is 2.88 bits per heavy atom. The Balaban J connectivity index is 1.98. The quantitative estimate of drug-likeness (QED) is 0.506. The number of hydrogen-bond donors (Lipinski definition) is 1. The SMILES string of the molecule is C=C(C[C@H](O)C[C@@H](C)[C@H]1CCC2C(=CBr)CCC[C@]21C)C(=O)OC. The predicted octanol–water partition coefficient (Wildman–Crippen LogP) is 4.99. The summed E-state index contributed by atoms with van der Waals surface area (Å²) in [7, 11) is 1.35. The standard InChI is InChI=1S/C20H31BrO3/c1-13(10-16(22)11-14(2)19(23)24-4)17-7-8-18-15(12-21)6-5-9-20(17,18)3/h12-13,16-18,22H,2,5-11H2,1,3-4H3/t13-,16-,17-,18?,20+/m1/s1. The zero-order chi connectivity index (χ0) is 17.9. The van der Waals surface area contributed by atoms with Gasteiger partial charge in [-0.3, -0.25) is 0 Å². The van der Waals surface area contributed by atoms with Crippen LogP contribution in [0.5, 0.6) is 0 Å². The van der Waals surface area contributed by atoms with Crippen LogP contribution in [0.1, 0.15) is 58.8 Å². The van der Waals surface area contributed by atoms with Gasteiger partial charge in [0.1, 0.15) is 0 Å². The van der Waals surface area contributed by atoms with Crippen molar-refractivity contribution in [3.05, 3.63) is 22.7 Å². The lowest BCUT2D eigenvalue weighted by Gasteiger charge is -2.44. The van der Waals surface area contributed by atoms with Crippen LogP contribution in [0.25, 0.3) is 0 Å². The first-order valence-electron chi connectivity index (χ1n) is 9.06. The number of aliphatic hydroxyl groups is 1. The number of carbonyl (C=O) groups excluding carboxylic acids is 1. The van der Waals surface area contributed by atoms with Gasteiger partial charge in [-0.15, -0.1) is 0 Å². The van der Waals surface area contributed by atoms with Crippen molar-refractivity contribution in [3.63, 3.8) is 0 Å². The van der Waals surface area contributed by atoms with E-state index in [4.69, 9.17) is 0 Å². The summed E-state index contributed by atoms with van der Waals surface area (Å²) in [6.45, 7) is 8.43. The van der Waals surface area contributed by atoms with Crippen LogP contribution in [0.2, 0.25) is 0 Å². The second-order valence-electron chi connectivity index (χ2n) is 7.95. The van der Waals surface area contributed by atoms with Crippen molar-refractivity contribution in [3.8, 4) is 0 Å². The minimum atomic E-state index is -0.524. The molecule has 2 aliphatic carbocycles. The van der Waals surface area contributed by atoms with E-state index in [0.29, 0.717) is 35.2 Å². The lowest BCUT2D eigenvalue weighted by molar-refractivity contribution is -0.136. The van der Waals surface area contributed by atoms with Gasteiger partial charge in [-0.05, 0) is 66.7 Å². The van der Waals surface area contributed by atoms with Crippen molar-refractivity contribution < 1.29 is 14.6 Å². The highest BCUT2D eigenvalue weighted by Crippen LogP contribution is 2.60. The fourth-order valence-electron chi connectivity index (χ4n) is 5.33. The second kappa shape index (κ2) is 8.18. The number of hydrogen-bond acceptors (Lipinski definition) is 3. The number of fused-ring (bicyclic) bond motifs is 1. The molecule has 2 rings (SSSR count). The third kappa shape index (κ3) is 3.96. The summed E-state index contributed by atoms with van der Waals surface area (Å²) >= 11 is 3.56. The number of allylic oxidation sites excluding steroid dienone is 1.